The van der Waals surface area contributed by atoms with E-state index in [1.54, 1.807) is 18.3 Å². The first-order chi connectivity index (χ1) is 8.84. The van der Waals surface area contributed by atoms with Gasteiger partial charge < -0.3 is 13.9 Å². The summed E-state index contributed by atoms with van der Waals surface area (Å²) in [7, 11) is 0. The normalized spacial score (nSPS) is 17.3. The molecule has 18 heavy (non-hydrogen) atoms. The maximum absolute atomic E-state index is 11.7. The SMILES string of the molecule is O=c1oc2cccnc2n1CCC1OCCCO1. The van der Waals surface area contributed by atoms with E-state index < -0.39 is 0 Å². The summed E-state index contributed by atoms with van der Waals surface area (Å²) in [4.78, 5) is 15.8. The average molecular weight is 250 g/mol. The molecule has 6 nitrogen and oxygen atoms in total. The van der Waals surface area contributed by atoms with Crippen molar-refractivity contribution in [3.05, 3.63) is 28.9 Å². The van der Waals surface area contributed by atoms with Crippen molar-refractivity contribution in [2.45, 2.75) is 25.7 Å². The van der Waals surface area contributed by atoms with Crippen molar-refractivity contribution >= 4 is 11.2 Å². The van der Waals surface area contributed by atoms with E-state index in [2.05, 4.69) is 4.98 Å². The van der Waals surface area contributed by atoms with Gasteiger partial charge >= 0.3 is 5.76 Å². The molecule has 1 aliphatic rings. The molecule has 1 fully saturated rings. The molecular weight excluding hydrogens is 236 g/mol. The molecule has 1 aliphatic heterocycles. The maximum Gasteiger partial charge on any atom is 0.421 e. The third-order valence-corrected chi connectivity index (χ3v) is 2.91. The van der Waals surface area contributed by atoms with Gasteiger partial charge in [0, 0.05) is 19.2 Å². The number of hydrogen-bond donors (Lipinski definition) is 0. The zero-order valence-electron chi connectivity index (χ0n) is 9.87. The Morgan fingerprint density at radius 2 is 2.22 bits per heavy atom. The summed E-state index contributed by atoms with van der Waals surface area (Å²) in [5.41, 5.74) is 1.08. The molecule has 0 radical (unpaired) electrons. The minimum Gasteiger partial charge on any atom is -0.406 e. The summed E-state index contributed by atoms with van der Waals surface area (Å²) in [6.45, 7) is 1.90. The van der Waals surface area contributed by atoms with Gasteiger partial charge in [-0.25, -0.2) is 9.78 Å². The fraction of sp³-hybridized carbons (Fsp3) is 0.500. The molecule has 96 valence electrons. The Balaban J connectivity index is 1.77. The van der Waals surface area contributed by atoms with Crippen molar-refractivity contribution in [2.75, 3.05) is 13.2 Å². The second-order valence-corrected chi connectivity index (χ2v) is 4.16. The minimum absolute atomic E-state index is 0.237. The van der Waals surface area contributed by atoms with Crippen molar-refractivity contribution in [1.82, 2.24) is 9.55 Å². The van der Waals surface area contributed by atoms with Crippen molar-refractivity contribution in [1.29, 1.82) is 0 Å². The van der Waals surface area contributed by atoms with E-state index in [9.17, 15) is 4.79 Å². The molecule has 0 N–H and O–H groups in total. The maximum atomic E-state index is 11.7. The highest BCUT2D eigenvalue weighted by molar-refractivity contribution is 5.67. The lowest BCUT2D eigenvalue weighted by molar-refractivity contribution is -0.182. The van der Waals surface area contributed by atoms with Gasteiger partial charge in [0.25, 0.3) is 0 Å². The molecule has 0 aliphatic carbocycles. The van der Waals surface area contributed by atoms with Crippen LogP contribution >= 0.6 is 0 Å². The smallest absolute Gasteiger partial charge is 0.406 e. The summed E-state index contributed by atoms with van der Waals surface area (Å²) in [5.74, 6) is -0.389. The van der Waals surface area contributed by atoms with Crippen molar-refractivity contribution < 1.29 is 13.9 Å². The molecule has 0 unspecified atom stereocenters. The molecule has 0 bridgehead atoms. The molecule has 6 heteroatoms. The van der Waals surface area contributed by atoms with Crippen LogP contribution in [0.4, 0.5) is 0 Å². The predicted octanol–water partition coefficient (Wildman–Crippen LogP) is 1.14. The fourth-order valence-electron chi connectivity index (χ4n) is 2.04. The highest BCUT2D eigenvalue weighted by Gasteiger charge is 2.16. The summed E-state index contributed by atoms with van der Waals surface area (Å²) in [5, 5.41) is 0. The number of aromatic nitrogens is 2. The summed E-state index contributed by atoms with van der Waals surface area (Å²) >= 11 is 0. The Hall–Kier alpha value is -1.66. The number of aryl methyl sites for hydroxylation is 1. The van der Waals surface area contributed by atoms with Crippen LogP contribution in [0.2, 0.25) is 0 Å². The molecule has 0 atom stereocenters. The lowest BCUT2D eigenvalue weighted by Gasteiger charge is -2.22. The third-order valence-electron chi connectivity index (χ3n) is 2.91. The molecule has 0 saturated carbocycles. The molecule has 2 aromatic heterocycles. The van der Waals surface area contributed by atoms with Crippen LogP contribution in [-0.4, -0.2) is 29.1 Å². The molecule has 2 aromatic rings. The quantitative estimate of drug-likeness (QED) is 0.817. The topological polar surface area (TPSA) is 66.5 Å². The Kier molecular flexibility index (Phi) is 3.12. The highest BCUT2D eigenvalue weighted by atomic mass is 16.7. The van der Waals surface area contributed by atoms with Gasteiger partial charge in [0.1, 0.15) is 0 Å². The number of oxazole rings is 1. The van der Waals surface area contributed by atoms with E-state index in [1.807, 2.05) is 0 Å². The first kappa shape index (κ1) is 11.4. The average Bonchev–Trinajstić information content (AvgIpc) is 2.73. The zero-order valence-corrected chi connectivity index (χ0v) is 9.87. The molecular formula is C12H14N2O4. The van der Waals surface area contributed by atoms with Gasteiger partial charge in [-0.15, -0.1) is 0 Å². The van der Waals surface area contributed by atoms with Crippen molar-refractivity contribution in [3.63, 3.8) is 0 Å². The van der Waals surface area contributed by atoms with Gasteiger partial charge in [-0.1, -0.05) is 0 Å². The van der Waals surface area contributed by atoms with Crippen LogP contribution in [0, 0.1) is 0 Å². The second-order valence-electron chi connectivity index (χ2n) is 4.16. The first-order valence-corrected chi connectivity index (χ1v) is 6.02. The third kappa shape index (κ3) is 2.16. The molecule has 0 aromatic carbocycles. The Morgan fingerprint density at radius 1 is 1.39 bits per heavy atom. The second kappa shape index (κ2) is 4.91. The molecule has 3 rings (SSSR count). The number of hydrogen-bond acceptors (Lipinski definition) is 5. The van der Waals surface area contributed by atoms with E-state index in [0.717, 1.165) is 6.42 Å². The van der Waals surface area contributed by atoms with Gasteiger partial charge in [0.15, 0.2) is 17.5 Å². The van der Waals surface area contributed by atoms with E-state index in [-0.39, 0.29) is 12.0 Å². The van der Waals surface area contributed by atoms with Crippen LogP contribution in [0.1, 0.15) is 12.8 Å². The Bertz CT molecular complexity index is 583. The number of pyridine rings is 1. The number of ether oxygens (including phenoxy) is 2. The number of nitrogens with zero attached hydrogens (tertiary/aromatic N) is 2. The number of fused-ring (bicyclic) bond motifs is 1. The van der Waals surface area contributed by atoms with E-state index in [0.29, 0.717) is 37.4 Å². The minimum atomic E-state index is -0.389. The van der Waals surface area contributed by atoms with Crippen LogP contribution in [0.5, 0.6) is 0 Å². The van der Waals surface area contributed by atoms with Crippen molar-refractivity contribution in [3.8, 4) is 0 Å². The van der Waals surface area contributed by atoms with E-state index in [4.69, 9.17) is 13.9 Å². The largest absolute Gasteiger partial charge is 0.421 e. The lowest BCUT2D eigenvalue weighted by Crippen LogP contribution is -2.27. The van der Waals surface area contributed by atoms with Gasteiger partial charge in [-0.3, -0.25) is 4.57 Å². The first-order valence-electron chi connectivity index (χ1n) is 6.02. The summed E-state index contributed by atoms with van der Waals surface area (Å²) in [6, 6.07) is 3.47. The molecule has 0 amide bonds. The van der Waals surface area contributed by atoms with Crippen LogP contribution in [0.25, 0.3) is 11.2 Å². The Morgan fingerprint density at radius 3 is 3.06 bits per heavy atom. The van der Waals surface area contributed by atoms with Crippen LogP contribution in [0.15, 0.2) is 27.5 Å². The van der Waals surface area contributed by atoms with Gasteiger partial charge in [0.2, 0.25) is 0 Å². The predicted molar refractivity (Wildman–Crippen MR) is 63.2 cm³/mol. The molecule has 3 heterocycles. The highest BCUT2D eigenvalue weighted by Crippen LogP contribution is 2.12. The van der Waals surface area contributed by atoms with Crippen LogP contribution in [0.3, 0.4) is 0 Å². The summed E-state index contributed by atoms with van der Waals surface area (Å²) < 4.78 is 17.5. The lowest BCUT2D eigenvalue weighted by atomic mass is 10.3. The van der Waals surface area contributed by atoms with Crippen LogP contribution in [-0.2, 0) is 16.0 Å². The van der Waals surface area contributed by atoms with E-state index >= 15 is 0 Å². The van der Waals surface area contributed by atoms with Gasteiger partial charge in [-0.05, 0) is 18.6 Å². The zero-order chi connectivity index (χ0) is 12.4. The Labute approximate surface area is 103 Å². The molecule has 1 saturated heterocycles. The van der Waals surface area contributed by atoms with Crippen LogP contribution < -0.4 is 5.76 Å². The van der Waals surface area contributed by atoms with Crippen molar-refractivity contribution in [2.24, 2.45) is 0 Å². The van der Waals surface area contributed by atoms with E-state index in [1.165, 1.54) is 4.57 Å². The summed E-state index contributed by atoms with van der Waals surface area (Å²) in [6.07, 6.45) is 2.94. The monoisotopic (exact) mass is 250 g/mol. The standard InChI is InChI=1S/C12H14N2O4/c15-12-14(6-4-10-16-7-2-8-17-10)11-9(18-12)3-1-5-13-11/h1,3,5,10H,2,4,6-8H2. The van der Waals surface area contributed by atoms with Gasteiger partial charge in [0.05, 0.1) is 13.2 Å². The van der Waals surface area contributed by atoms with Gasteiger partial charge in [-0.2, -0.15) is 0 Å². The molecule has 0 spiro atoms. The number of rotatable bonds is 3. The fourth-order valence-corrected chi connectivity index (χ4v) is 2.04.